The largest absolute Gasteiger partial charge is 0.197 e. The first-order valence-corrected chi connectivity index (χ1v) is 4.43. The third-order valence-corrected chi connectivity index (χ3v) is 2.73. The van der Waals surface area contributed by atoms with Crippen LogP contribution in [-0.2, 0) is 11.8 Å². The van der Waals surface area contributed by atoms with Gasteiger partial charge in [0, 0.05) is 0 Å². The molecule has 0 bridgehead atoms. The van der Waals surface area contributed by atoms with E-state index in [1.807, 2.05) is 24.3 Å². The molecule has 0 aromatic heterocycles. The highest BCUT2D eigenvalue weighted by atomic mass is 14.5. The molecule has 0 radical (unpaired) electrons. The van der Waals surface area contributed by atoms with Crippen LogP contribution >= 0.6 is 0 Å². The first kappa shape index (κ1) is 8.07. The van der Waals surface area contributed by atoms with Gasteiger partial charge in [-0.1, -0.05) is 30.3 Å². The molecule has 1 aromatic rings. The lowest BCUT2D eigenvalue weighted by Gasteiger charge is -2.37. The Bertz CT molecular complexity index is 386. The number of rotatable bonds is 2. The van der Waals surface area contributed by atoms with Gasteiger partial charge >= 0.3 is 0 Å². The van der Waals surface area contributed by atoms with Gasteiger partial charge in [0.25, 0.3) is 0 Å². The van der Waals surface area contributed by atoms with Crippen molar-refractivity contribution in [3.05, 3.63) is 48.0 Å². The van der Waals surface area contributed by atoms with Crippen LogP contribution in [0.4, 0.5) is 0 Å². The predicted octanol–water partition coefficient (Wildman–Crippen LogP) is 2.58. The van der Waals surface area contributed by atoms with E-state index in [9.17, 15) is 0 Å². The van der Waals surface area contributed by atoms with Crippen LogP contribution < -0.4 is 0 Å². The normalized spacial score (nSPS) is 23.9. The molecule has 1 aromatic carbocycles. The third kappa shape index (κ3) is 0.990. The Balaban J connectivity index is 2.42. The Morgan fingerprint density at radius 3 is 2.92 bits per heavy atom. The maximum atomic E-state index is 9.12. The average Bonchev–Trinajstić information content (AvgIpc) is 2.14. The Hall–Kier alpha value is -1.55. The van der Waals surface area contributed by atoms with Gasteiger partial charge in [0.1, 0.15) is 0 Å². The smallest absolute Gasteiger partial charge is 0.0899 e. The summed E-state index contributed by atoms with van der Waals surface area (Å²) in [4.78, 5) is 0. The predicted molar refractivity (Wildman–Crippen MR) is 52.3 cm³/mol. The zero-order valence-electron chi connectivity index (χ0n) is 7.46. The topological polar surface area (TPSA) is 23.8 Å². The van der Waals surface area contributed by atoms with Gasteiger partial charge in [0.2, 0.25) is 0 Å². The number of hydrogen-bond acceptors (Lipinski definition) is 1. The zero-order chi connectivity index (χ0) is 9.31. The van der Waals surface area contributed by atoms with E-state index in [2.05, 4.69) is 18.7 Å². The molecule has 0 spiro atoms. The third-order valence-electron chi connectivity index (χ3n) is 2.73. The summed E-state index contributed by atoms with van der Waals surface area (Å²) in [6.45, 7) is 3.70. The van der Waals surface area contributed by atoms with Crippen molar-refractivity contribution < 1.29 is 0 Å². The molecule has 13 heavy (non-hydrogen) atoms. The van der Waals surface area contributed by atoms with E-state index in [1.54, 1.807) is 0 Å². The molecule has 0 saturated carbocycles. The molecule has 0 amide bonds. The summed E-state index contributed by atoms with van der Waals surface area (Å²) in [5.41, 5.74) is 2.24. The molecule has 0 heterocycles. The summed E-state index contributed by atoms with van der Waals surface area (Å²) in [5, 5.41) is 9.12. The number of hydrogen-bond donors (Lipinski definition) is 0. The van der Waals surface area contributed by atoms with Gasteiger partial charge in [0.15, 0.2) is 0 Å². The first-order valence-electron chi connectivity index (χ1n) is 4.43. The van der Waals surface area contributed by atoms with Crippen LogP contribution in [0.1, 0.15) is 17.5 Å². The van der Waals surface area contributed by atoms with E-state index in [4.69, 9.17) is 5.26 Å². The van der Waals surface area contributed by atoms with Gasteiger partial charge in [-0.2, -0.15) is 5.26 Å². The number of nitriles is 1. The number of fused-ring (bicyclic) bond motifs is 1. The maximum Gasteiger partial charge on any atom is 0.0899 e. The summed E-state index contributed by atoms with van der Waals surface area (Å²) >= 11 is 0. The summed E-state index contributed by atoms with van der Waals surface area (Å²) in [6.07, 6.45) is 3.48. The molecule has 1 aliphatic rings. The Morgan fingerprint density at radius 2 is 2.31 bits per heavy atom. The second kappa shape index (κ2) is 2.74. The second-order valence-corrected chi connectivity index (χ2v) is 3.52. The fourth-order valence-electron chi connectivity index (χ4n) is 2.03. The van der Waals surface area contributed by atoms with Crippen LogP contribution in [0.2, 0.25) is 0 Å². The van der Waals surface area contributed by atoms with Crippen molar-refractivity contribution in [1.29, 1.82) is 5.26 Å². The second-order valence-electron chi connectivity index (χ2n) is 3.52. The minimum absolute atomic E-state index is 0.266. The summed E-state index contributed by atoms with van der Waals surface area (Å²) < 4.78 is 0. The van der Waals surface area contributed by atoms with Crippen LogP contribution in [0.5, 0.6) is 0 Å². The van der Waals surface area contributed by atoms with Crippen molar-refractivity contribution in [2.24, 2.45) is 0 Å². The van der Waals surface area contributed by atoms with E-state index in [0.717, 1.165) is 12.8 Å². The van der Waals surface area contributed by atoms with Crippen LogP contribution in [0.25, 0.3) is 0 Å². The molecular formula is C12H11N. The van der Waals surface area contributed by atoms with Crippen molar-refractivity contribution in [2.75, 3.05) is 0 Å². The minimum atomic E-state index is -0.266. The van der Waals surface area contributed by atoms with Gasteiger partial charge in [-0.05, 0) is 24.0 Å². The molecule has 1 heteroatoms. The highest BCUT2D eigenvalue weighted by Gasteiger charge is 2.41. The lowest BCUT2D eigenvalue weighted by atomic mass is 9.63. The zero-order valence-corrected chi connectivity index (χ0v) is 7.46. The molecule has 1 unspecified atom stereocenters. The highest BCUT2D eigenvalue weighted by molar-refractivity contribution is 5.50. The maximum absolute atomic E-state index is 9.12. The van der Waals surface area contributed by atoms with Crippen molar-refractivity contribution in [2.45, 2.75) is 18.3 Å². The van der Waals surface area contributed by atoms with E-state index < -0.39 is 0 Å². The van der Waals surface area contributed by atoms with E-state index in [0.29, 0.717) is 0 Å². The van der Waals surface area contributed by atoms with Crippen LogP contribution in [-0.4, -0.2) is 0 Å². The molecule has 1 atom stereocenters. The molecular weight excluding hydrogens is 158 g/mol. The van der Waals surface area contributed by atoms with Gasteiger partial charge in [-0.25, -0.2) is 0 Å². The average molecular weight is 169 g/mol. The van der Waals surface area contributed by atoms with Crippen molar-refractivity contribution in [3.8, 4) is 6.07 Å². The fourth-order valence-corrected chi connectivity index (χ4v) is 2.03. The molecule has 64 valence electrons. The summed E-state index contributed by atoms with van der Waals surface area (Å²) in [5.74, 6) is 0. The van der Waals surface area contributed by atoms with Gasteiger partial charge in [-0.15, -0.1) is 6.58 Å². The monoisotopic (exact) mass is 169 g/mol. The van der Waals surface area contributed by atoms with Gasteiger partial charge < -0.3 is 0 Å². The molecule has 1 aliphatic carbocycles. The van der Waals surface area contributed by atoms with Crippen molar-refractivity contribution in [3.63, 3.8) is 0 Å². The Morgan fingerprint density at radius 1 is 1.54 bits per heavy atom. The van der Waals surface area contributed by atoms with Crippen molar-refractivity contribution in [1.82, 2.24) is 0 Å². The SMILES string of the molecule is C=CCC1(C#N)Cc2ccccc21. The fraction of sp³-hybridized carbons (Fsp3) is 0.250. The Kier molecular flexibility index (Phi) is 1.70. The highest BCUT2D eigenvalue weighted by Crippen LogP contribution is 2.43. The molecule has 1 nitrogen and oxygen atoms in total. The van der Waals surface area contributed by atoms with E-state index in [-0.39, 0.29) is 5.41 Å². The van der Waals surface area contributed by atoms with Crippen LogP contribution in [0.3, 0.4) is 0 Å². The standard InChI is InChI=1S/C12H11N/c1-2-7-12(9-13)8-10-5-3-4-6-11(10)12/h2-6H,1,7-8H2. The van der Waals surface area contributed by atoms with Crippen molar-refractivity contribution >= 4 is 0 Å². The van der Waals surface area contributed by atoms with Crippen LogP contribution in [0.15, 0.2) is 36.9 Å². The number of allylic oxidation sites excluding steroid dienone is 1. The lowest BCUT2D eigenvalue weighted by molar-refractivity contribution is 0.486. The van der Waals surface area contributed by atoms with E-state index in [1.165, 1.54) is 11.1 Å². The number of nitrogens with zero attached hydrogens (tertiary/aromatic N) is 1. The number of benzene rings is 1. The van der Waals surface area contributed by atoms with Crippen LogP contribution in [0, 0.1) is 11.3 Å². The lowest BCUT2D eigenvalue weighted by Crippen LogP contribution is -2.36. The van der Waals surface area contributed by atoms with Gasteiger partial charge in [0.05, 0.1) is 11.5 Å². The first-order chi connectivity index (χ1) is 6.32. The quantitative estimate of drug-likeness (QED) is 0.624. The summed E-state index contributed by atoms with van der Waals surface area (Å²) in [6, 6.07) is 10.6. The molecule has 0 saturated heterocycles. The molecule has 2 rings (SSSR count). The minimum Gasteiger partial charge on any atom is -0.197 e. The summed E-state index contributed by atoms with van der Waals surface area (Å²) in [7, 11) is 0. The van der Waals surface area contributed by atoms with E-state index >= 15 is 0 Å². The van der Waals surface area contributed by atoms with Gasteiger partial charge in [-0.3, -0.25) is 0 Å². The molecule has 0 aliphatic heterocycles. The Labute approximate surface area is 78.3 Å². The molecule has 0 fully saturated rings. The molecule has 0 N–H and O–H groups in total.